The first kappa shape index (κ1) is 14.6. The van der Waals surface area contributed by atoms with Crippen LogP contribution in [0.3, 0.4) is 0 Å². The Kier molecular flexibility index (Phi) is 5.58. The fourth-order valence-electron chi connectivity index (χ4n) is 1.69. The zero-order valence-electron chi connectivity index (χ0n) is 10.7. The van der Waals surface area contributed by atoms with Crippen LogP contribution < -0.4 is 5.32 Å². The summed E-state index contributed by atoms with van der Waals surface area (Å²) in [6.45, 7) is 5.40. The molecule has 6 heteroatoms. The molecule has 0 amide bonds. The maximum absolute atomic E-state index is 12.3. The van der Waals surface area contributed by atoms with Crippen LogP contribution in [0.2, 0.25) is 0 Å². The quantitative estimate of drug-likeness (QED) is 0.483. The van der Waals surface area contributed by atoms with E-state index in [1.165, 1.54) is 4.31 Å². The lowest BCUT2D eigenvalue weighted by molar-refractivity contribution is 0.368. The molecule has 0 aromatic heterocycles. The third-order valence-corrected chi connectivity index (χ3v) is 4.86. The SMILES string of the molecule is C=CCN(C1CC1)S(=O)(=O)N(C)CCCNC. The summed E-state index contributed by atoms with van der Waals surface area (Å²) in [5.41, 5.74) is 0. The van der Waals surface area contributed by atoms with Gasteiger partial charge in [-0.05, 0) is 32.9 Å². The molecule has 0 aromatic rings. The van der Waals surface area contributed by atoms with Crippen molar-refractivity contribution in [3.8, 4) is 0 Å². The molecule has 5 nitrogen and oxygen atoms in total. The first-order valence-corrected chi connectivity index (χ1v) is 7.42. The first-order chi connectivity index (χ1) is 8.04. The second kappa shape index (κ2) is 6.49. The average Bonchev–Trinajstić information content (AvgIpc) is 3.09. The van der Waals surface area contributed by atoms with Gasteiger partial charge in [-0.3, -0.25) is 0 Å². The summed E-state index contributed by atoms with van der Waals surface area (Å²) in [7, 11) is 0.193. The van der Waals surface area contributed by atoms with Crippen LogP contribution in [0.25, 0.3) is 0 Å². The Bertz CT molecular complexity index is 339. The lowest BCUT2D eigenvalue weighted by atomic mass is 10.4. The van der Waals surface area contributed by atoms with Crippen LogP contribution in [0.5, 0.6) is 0 Å². The maximum Gasteiger partial charge on any atom is 0.282 e. The van der Waals surface area contributed by atoms with Crippen LogP contribution in [0.4, 0.5) is 0 Å². The summed E-state index contributed by atoms with van der Waals surface area (Å²) in [6.07, 6.45) is 4.41. The number of nitrogens with one attached hydrogen (secondary N) is 1. The van der Waals surface area contributed by atoms with Gasteiger partial charge in [-0.1, -0.05) is 6.08 Å². The molecule has 1 N–H and O–H groups in total. The molecular weight excluding hydrogens is 238 g/mol. The van der Waals surface area contributed by atoms with E-state index < -0.39 is 10.2 Å². The molecular formula is C11H23N3O2S. The zero-order valence-corrected chi connectivity index (χ0v) is 11.5. The molecule has 0 saturated heterocycles. The Morgan fingerprint density at radius 2 is 2.12 bits per heavy atom. The van der Waals surface area contributed by atoms with Crippen molar-refractivity contribution in [2.75, 3.05) is 33.7 Å². The van der Waals surface area contributed by atoms with Crippen molar-refractivity contribution in [1.29, 1.82) is 0 Å². The molecule has 1 aliphatic rings. The molecule has 100 valence electrons. The molecule has 0 spiro atoms. The number of hydrogen-bond acceptors (Lipinski definition) is 3. The molecule has 0 unspecified atom stereocenters. The van der Waals surface area contributed by atoms with Gasteiger partial charge in [0, 0.05) is 26.2 Å². The molecule has 0 radical (unpaired) electrons. The maximum atomic E-state index is 12.3. The molecule has 0 aliphatic heterocycles. The Balaban J connectivity index is 2.59. The molecule has 1 fully saturated rings. The van der Waals surface area contributed by atoms with Gasteiger partial charge in [0.25, 0.3) is 10.2 Å². The normalized spacial score (nSPS) is 16.7. The van der Waals surface area contributed by atoms with Crippen LogP contribution in [0, 0.1) is 0 Å². The molecule has 1 rings (SSSR count). The van der Waals surface area contributed by atoms with Gasteiger partial charge in [0.05, 0.1) is 0 Å². The van der Waals surface area contributed by atoms with E-state index in [1.807, 2.05) is 7.05 Å². The van der Waals surface area contributed by atoms with Crippen molar-refractivity contribution in [2.24, 2.45) is 0 Å². The van der Waals surface area contributed by atoms with E-state index in [2.05, 4.69) is 11.9 Å². The third kappa shape index (κ3) is 4.06. The fraction of sp³-hybridized carbons (Fsp3) is 0.818. The summed E-state index contributed by atoms with van der Waals surface area (Å²) < 4.78 is 27.6. The lowest BCUT2D eigenvalue weighted by Gasteiger charge is -2.26. The van der Waals surface area contributed by atoms with Crippen molar-refractivity contribution in [1.82, 2.24) is 13.9 Å². The Morgan fingerprint density at radius 1 is 1.47 bits per heavy atom. The third-order valence-electron chi connectivity index (χ3n) is 2.85. The largest absolute Gasteiger partial charge is 0.320 e. The highest BCUT2D eigenvalue weighted by Crippen LogP contribution is 2.29. The van der Waals surface area contributed by atoms with Gasteiger partial charge in [-0.2, -0.15) is 17.0 Å². The fourth-order valence-corrected chi connectivity index (χ4v) is 3.29. The standard InChI is InChI=1S/C11H23N3O2S/c1-4-9-14(11-6-7-11)17(15,16)13(3)10-5-8-12-2/h4,11-12H,1,5-10H2,2-3H3. The lowest BCUT2D eigenvalue weighted by Crippen LogP contribution is -2.43. The molecule has 0 aromatic carbocycles. The average molecular weight is 261 g/mol. The van der Waals surface area contributed by atoms with Gasteiger partial charge in [0.1, 0.15) is 0 Å². The minimum Gasteiger partial charge on any atom is -0.320 e. The summed E-state index contributed by atoms with van der Waals surface area (Å²) in [5, 5.41) is 3.01. The zero-order chi connectivity index (χ0) is 12.9. The Morgan fingerprint density at radius 3 is 2.59 bits per heavy atom. The molecule has 1 saturated carbocycles. The van der Waals surface area contributed by atoms with Crippen LogP contribution >= 0.6 is 0 Å². The van der Waals surface area contributed by atoms with Gasteiger partial charge >= 0.3 is 0 Å². The smallest absolute Gasteiger partial charge is 0.282 e. The summed E-state index contributed by atoms with van der Waals surface area (Å²) in [4.78, 5) is 0. The van der Waals surface area contributed by atoms with E-state index >= 15 is 0 Å². The Labute approximate surface area is 105 Å². The van der Waals surface area contributed by atoms with Crippen LogP contribution in [0.15, 0.2) is 12.7 Å². The molecule has 17 heavy (non-hydrogen) atoms. The van der Waals surface area contributed by atoms with Crippen molar-refractivity contribution in [3.63, 3.8) is 0 Å². The molecule has 1 aliphatic carbocycles. The predicted molar refractivity (Wildman–Crippen MR) is 70.0 cm³/mol. The van der Waals surface area contributed by atoms with E-state index in [-0.39, 0.29) is 6.04 Å². The summed E-state index contributed by atoms with van der Waals surface area (Å²) in [5.74, 6) is 0. The predicted octanol–water partition coefficient (Wildman–Crippen LogP) is 0.423. The first-order valence-electron chi connectivity index (χ1n) is 6.02. The van der Waals surface area contributed by atoms with E-state index in [1.54, 1.807) is 17.4 Å². The van der Waals surface area contributed by atoms with Crippen LogP contribution in [-0.2, 0) is 10.2 Å². The minimum atomic E-state index is -3.31. The van der Waals surface area contributed by atoms with Crippen LogP contribution in [0.1, 0.15) is 19.3 Å². The van der Waals surface area contributed by atoms with Gasteiger partial charge in [0.15, 0.2) is 0 Å². The minimum absolute atomic E-state index is 0.185. The second-order valence-corrected chi connectivity index (χ2v) is 6.36. The number of nitrogens with zero attached hydrogens (tertiary/aromatic N) is 2. The highest BCUT2D eigenvalue weighted by atomic mass is 32.2. The van der Waals surface area contributed by atoms with E-state index in [9.17, 15) is 8.42 Å². The van der Waals surface area contributed by atoms with Crippen LogP contribution in [-0.4, -0.2) is 56.8 Å². The van der Waals surface area contributed by atoms with Crippen molar-refractivity contribution in [3.05, 3.63) is 12.7 Å². The van der Waals surface area contributed by atoms with Crippen molar-refractivity contribution < 1.29 is 8.42 Å². The number of rotatable bonds is 9. The van der Waals surface area contributed by atoms with Gasteiger partial charge < -0.3 is 5.32 Å². The topological polar surface area (TPSA) is 52.7 Å². The van der Waals surface area contributed by atoms with E-state index in [0.717, 1.165) is 25.8 Å². The Hall–Kier alpha value is -0.430. The van der Waals surface area contributed by atoms with Gasteiger partial charge in [-0.25, -0.2) is 0 Å². The highest BCUT2D eigenvalue weighted by molar-refractivity contribution is 7.86. The highest BCUT2D eigenvalue weighted by Gasteiger charge is 2.38. The van der Waals surface area contributed by atoms with Crippen molar-refractivity contribution >= 4 is 10.2 Å². The molecule has 0 atom stereocenters. The molecule has 0 heterocycles. The van der Waals surface area contributed by atoms with Gasteiger partial charge in [-0.15, -0.1) is 6.58 Å². The monoisotopic (exact) mass is 261 g/mol. The van der Waals surface area contributed by atoms with Gasteiger partial charge in [0.2, 0.25) is 0 Å². The summed E-state index contributed by atoms with van der Waals surface area (Å²) in [6, 6.07) is 0.185. The summed E-state index contributed by atoms with van der Waals surface area (Å²) >= 11 is 0. The number of hydrogen-bond donors (Lipinski definition) is 1. The van der Waals surface area contributed by atoms with E-state index in [4.69, 9.17) is 0 Å². The molecule has 0 bridgehead atoms. The van der Waals surface area contributed by atoms with E-state index in [0.29, 0.717) is 13.1 Å². The van der Waals surface area contributed by atoms with Crippen molar-refractivity contribution in [2.45, 2.75) is 25.3 Å². The second-order valence-electron chi connectivity index (χ2n) is 4.38.